The van der Waals surface area contributed by atoms with Crippen LogP contribution in [-0.2, 0) is 6.54 Å². The zero-order valence-electron chi connectivity index (χ0n) is 10.5. The fourth-order valence-electron chi connectivity index (χ4n) is 1.17. The highest BCUT2D eigenvalue weighted by atomic mass is 35.5. The van der Waals surface area contributed by atoms with Crippen molar-refractivity contribution in [2.75, 3.05) is 28.2 Å². The van der Waals surface area contributed by atoms with Gasteiger partial charge in [-0.3, -0.25) is 4.98 Å². The normalized spacial score (nSPS) is 9.71. The van der Waals surface area contributed by atoms with E-state index >= 15 is 0 Å². The molecule has 6 heteroatoms. The number of carbonyl (C=O) groups is 1. The highest BCUT2D eigenvalue weighted by Crippen LogP contribution is 2.14. The molecule has 0 aliphatic carbocycles. The molecule has 0 saturated carbocycles. The zero-order chi connectivity index (χ0) is 12.1. The second-order valence-electron chi connectivity index (χ2n) is 4.09. The molecule has 1 amide bonds. The summed E-state index contributed by atoms with van der Waals surface area (Å²) in [5, 5.41) is 0. The van der Waals surface area contributed by atoms with Crippen LogP contribution in [0.25, 0.3) is 0 Å². The van der Waals surface area contributed by atoms with E-state index in [4.69, 9.17) is 4.74 Å². The maximum atomic E-state index is 11.4. The second kappa shape index (κ2) is 7.09. The van der Waals surface area contributed by atoms with E-state index < -0.39 is 0 Å². The molecule has 0 radical (unpaired) electrons. The molecule has 0 bridgehead atoms. The van der Waals surface area contributed by atoms with E-state index in [1.807, 2.05) is 14.1 Å². The van der Waals surface area contributed by atoms with E-state index in [0.29, 0.717) is 5.75 Å². The third-order valence-corrected chi connectivity index (χ3v) is 1.93. The molecule has 0 fully saturated rings. The summed E-state index contributed by atoms with van der Waals surface area (Å²) in [6, 6.07) is 3.51. The lowest BCUT2D eigenvalue weighted by molar-refractivity contribution is -0.873. The Morgan fingerprint density at radius 1 is 1.47 bits per heavy atom. The number of ether oxygens (including phenoxy) is 1. The number of nitrogens with zero attached hydrogens (tertiary/aromatic N) is 2. The number of hydrogen-bond acceptors (Lipinski definition) is 3. The fourth-order valence-corrected chi connectivity index (χ4v) is 1.17. The standard InChI is InChI=1S/C11H17N3O2.ClH/c1-13(2)8-9-10(6-5-7-12-9)16-11(15)14(3)4;/h5-7H,8H2,1-4H3;1H. The van der Waals surface area contributed by atoms with Crippen LogP contribution in [0.3, 0.4) is 0 Å². The highest BCUT2D eigenvalue weighted by molar-refractivity contribution is 5.70. The van der Waals surface area contributed by atoms with Gasteiger partial charge in [0.1, 0.15) is 12.2 Å². The summed E-state index contributed by atoms with van der Waals surface area (Å²) < 4.78 is 5.22. The number of pyridine rings is 1. The van der Waals surface area contributed by atoms with E-state index in [0.717, 1.165) is 12.2 Å². The van der Waals surface area contributed by atoms with Crippen molar-refractivity contribution in [3.05, 3.63) is 24.0 Å². The summed E-state index contributed by atoms with van der Waals surface area (Å²) in [6.45, 7) is 0.719. The third kappa shape index (κ3) is 5.01. The Bertz CT molecular complexity index is 369. The third-order valence-electron chi connectivity index (χ3n) is 1.93. The van der Waals surface area contributed by atoms with Crippen molar-refractivity contribution < 1.29 is 26.8 Å². The molecule has 1 rings (SSSR count). The van der Waals surface area contributed by atoms with Crippen molar-refractivity contribution in [2.45, 2.75) is 6.54 Å². The predicted molar refractivity (Wildman–Crippen MR) is 60.5 cm³/mol. The monoisotopic (exact) mass is 259 g/mol. The molecule has 1 heterocycles. The van der Waals surface area contributed by atoms with Gasteiger partial charge >= 0.3 is 6.09 Å². The minimum atomic E-state index is -0.386. The predicted octanol–water partition coefficient (Wildman–Crippen LogP) is -3.21. The first-order valence-corrected chi connectivity index (χ1v) is 5.12. The molecule has 96 valence electrons. The molecule has 0 aromatic carbocycles. The average molecular weight is 260 g/mol. The van der Waals surface area contributed by atoms with E-state index in [1.165, 1.54) is 9.80 Å². The molecule has 0 atom stereocenters. The minimum Gasteiger partial charge on any atom is -1.00 e. The van der Waals surface area contributed by atoms with Gasteiger partial charge < -0.3 is 26.9 Å². The Hall–Kier alpha value is -1.33. The molecule has 1 N–H and O–H groups in total. The molecular weight excluding hydrogens is 242 g/mol. The SMILES string of the molecule is CN(C)C(=O)Oc1cccnc1C[NH+](C)C.[Cl-]. The van der Waals surface area contributed by atoms with Crippen LogP contribution in [0.1, 0.15) is 5.69 Å². The molecule has 5 nitrogen and oxygen atoms in total. The van der Waals surface area contributed by atoms with Crippen LogP contribution < -0.4 is 22.0 Å². The first-order chi connectivity index (χ1) is 7.50. The maximum Gasteiger partial charge on any atom is 0.414 e. The van der Waals surface area contributed by atoms with Crippen LogP contribution in [0.5, 0.6) is 5.75 Å². The fraction of sp³-hybridized carbons (Fsp3) is 0.455. The Balaban J connectivity index is 0.00000256. The van der Waals surface area contributed by atoms with Crippen LogP contribution in [-0.4, -0.2) is 44.2 Å². The van der Waals surface area contributed by atoms with E-state index in [1.54, 1.807) is 32.4 Å². The van der Waals surface area contributed by atoms with Crippen molar-refractivity contribution in [1.82, 2.24) is 9.88 Å². The number of aromatic nitrogens is 1. The molecule has 0 unspecified atom stereocenters. The van der Waals surface area contributed by atoms with Crippen molar-refractivity contribution >= 4 is 6.09 Å². The second-order valence-corrected chi connectivity index (χ2v) is 4.09. The Labute approximate surface area is 108 Å². The average Bonchev–Trinajstić information content (AvgIpc) is 2.20. The number of rotatable bonds is 3. The van der Waals surface area contributed by atoms with Crippen LogP contribution in [0, 0.1) is 0 Å². The number of quaternary nitrogens is 1. The van der Waals surface area contributed by atoms with Gasteiger partial charge in [-0.2, -0.15) is 0 Å². The largest absolute Gasteiger partial charge is 1.00 e. The zero-order valence-corrected chi connectivity index (χ0v) is 11.3. The summed E-state index contributed by atoms with van der Waals surface area (Å²) >= 11 is 0. The van der Waals surface area contributed by atoms with Crippen LogP contribution in [0.15, 0.2) is 18.3 Å². The topological polar surface area (TPSA) is 46.9 Å². The number of nitrogens with one attached hydrogen (secondary N) is 1. The van der Waals surface area contributed by atoms with Gasteiger partial charge in [-0.1, -0.05) is 0 Å². The Kier molecular flexibility index (Phi) is 6.53. The molecule has 0 saturated heterocycles. The van der Waals surface area contributed by atoms with E-state index in [-0.39, 0.29) is 18.5 Å². The van der Waals surface area contributed by atoms with Crippen LogP contribution >= 0.6 is 0 Å². The van der Waals surface area contributed by atoms with Gasteiger partial charge in [0, 0.05) is 20.3 Å². The Morgan fingerprint density at radius 2 is 2.12 bits per heavy atom. The minimum absolute atomic E-state index is 0. The summed E-state index contributed by atoms with van der Waals surface area (Å²) in [5.41, 5.74) is 0.790. The van der Waals surface area contributed by atoms with E-state index in [9.17, 15) is 4.79 Å². The van der Waals surface area contributed by atoms with Gasteiger partial charge in [0.05, 0.1) is 14.1 Å². The lowest BCUT2D eigenvalue weighted by atomic mass is 10.3. The molecule has 0 aliphatic heterocycles. The summed E-state index contributed by atoms with van der Waals surface area (Å²) in [6.07, 6.45) is 1.31. The number of amides is 1. The number of halogens is 1. The molecule has 0 spiro atoms. The number of hydrogen-bond donors (Lipinski definition) is 1. The van der Waals surface area contributed by atoms with Gasteiger partial charge in [0.25, 0.3) is 0 Å². The maximum absolute atomic E-state index is 11.4. The smallest absolute Gasteiger partial charge is 0.414 e. The van der Waals surface area contributed by atoms with Crippen molar-refractivity contribution in [3.8, 4) is 5.75 Å². The van der Waals surface area contributed by atoms with Gasteiger partial charge in [0.2, 0.25) is 0 Å². The number of carbonyl (C=O) groups excluding carboxylic acids is 1. The van der Waals surface area contributed by atoms with Crippen molar-refractivity contribution in [2.24, 2.45) is 0 Å². The molecule has 1 aromatic heterocycles. The first kappa shape index (κ1) is 15.7. The lowest BCUT2D eigenvalue weighted by Crippen LogP contribution is -3.04. The van der Waals surface area contributed by atoms with Gasteiger partial charge in [-0.25, -0.2) is 4.79 Å². The summed E-state index contributed by atoms with van der Waals surface area (Å²) in [4.78, 5) is 18.2. The Morgan fingerprint density at radius 3 is 2.65 bits per heavy atom. The highest BCUT2D eigenvalue weighted by Gasteiger charge is 2.13. The summed E-state index contributed by atoms with van der Waals surface area (Å²) in [7, 11) is 7.34. The lowest BCUT2D eigenvalue weighted by Gasteiger charge is -2.13. The molecule has 1 aromatic rings. The van der Waals surface area contributed by atoms with Gasteiger partial charge in [-0.15, -0.1) is 0 Å². The van der Waals surface area contributed by atoms with Crippen molar-refractivity contribution in [3.63, 3.8) is 0 Å². The van der Waals surface area contributed by atoms with Crippen molar-refractivity contribution in [1.29, 1.82) is 0 Å². The first-order valence-electron chi connectivity index (χ1n) is 5.12. The van der Waals surface area contributed by atoms with Crippen LogP contribution in [0.2, 0.25) is 0 Å². The molecule has 0 aliphatic rings. The van der Waals surface area contributed by atoms with Crippen LogP contribution in [0.4, 0.5) is 4.79 Å². The quantitative estimate of drug-likeness (QED) is 0.622. The van der Waals surface area contributed by atoms with E-state index in [2.05, 4.69) is 4.98 Å². The summed E-state index contributed by atoms with van der Waals surface area (Å²) in [5.74, 6) is 0.530. The van der Waals surface area contributed by atoms with Gasteiger partial charge in [-0.05, 0) is 12.1 Å². The molecular formula is C11H18ClN3O2. The molecule has 17 heavy (non-hydrogen) atoms. The van der Waals surface area contributed by atoms with Gasteiger partial charge in [0.15, 0.2) is 5.75 Å².